The van der Waals surface area contributed by atoms with Gasteiger partial charge < -0.3 is 10.3 Å². The molecule has 0 aliphatic heterocycles. The van der Waals surface area contributed by atoms with Crippen molar-refractivity contribution in [3.8, 4) is 0 Å². The van der Waals surface area contributed by atoms with E-state index < -0.39 is 0 Å². The van der Waals surface area contributed by atoms with Crippen LogP contribution < -0.4 is 5.73 Å². The maximum absolute atomic E-state index is 5.92. The Morgan fingerprint density at radius 1 is 1.25 bits per heavy atom. The van der Waals surface area contributed by atoms with Gasteiger partial charge in [-0.15, -0.1) is 0 Å². The van der Waals surface area contributed by atoms with E-state index >= 15 is 0 Å². The fourth-order valence-corrected chi connectivity index (χ4v) is 4.42. The number of anilines is 1. The lowest BCUT2D eigenvalue weighted by Crippen LogP contribution is -2.19. The van der Waals surface area contributed by atoms with Gasteiger partial charge in [0.15, 0.2) is 0 Å². The highest BCUT2D eigenvalue weighted by molar-refractivity contribution is 5.80. The van der Waals surface area contributed by atoms with Gasteiger partial charge in [0.05, 0.1) is 11.0 Å². The third-order valence-electron chi connectivity index (χ3n) is 5.29. The van der Waals surface area contributed by atoms with Crippen molar-refractivity contribution < 1.29 is 0 Å². The van der Waals surface area contributed by atoms with E-state index in [1.807, 2.05) is 12.1 Å². The molecule has 2 N–H and O–H groups in total. The van der Waals surface area contributed by atoms with Gasteiger partial charge in [-0.1, -0.05) is 20.3 Å². The average Bonchev–Trinajstić information content (AvgIpc) is 3.09. The molecule has 0 amide bonds. The van der Waals surface area contributed by atoms with E-state index in [1.165, 1.54) is 37.0 Å². The molecule has 106 valence electrons. The van der Waals surface area contributed by atoms with Crippen molar-refractivity contribution in [2.45, 2.75) is 51.5 Å². The molecule has 0 radical (unpaired) electrons. The molecule has 1 aromatic carbocycles. The lowest BCUT2D eigenvalue weighted by molar-refractivity contribution is 0.326. The molecule has 1 heterocycles. The monoisotopic (exact) mass is 269 g/mol. The second kappa shape index (κ2) is 4.24. The first-order valence-electron chi connectivity index (χ1n) is 7.91. The minimum atomic E-state index is 0.461. The van der Waals surface area contributed by atoms with E-state index in [-0.39, 0.29) is 0 Å². The predicted octanol–water partition coefficient (Wildman–Crippen LogP) is 4.10. The Hall–Kier alpha value is -1.51. The Balaban J connectivity index is 1.90. The number of aromatic nitrogens is 2. The molecular weight excluding hydrogens is 246 g/mol. The van der Waals surface area contributed by atoms with Crippen LogP contribution in [0.25, 0.3) is 11.0 Å². The van der Waals surface area contributed by atoms with Crippen LogP contribution >= 0.6 is 0 Å². The number of fused-ring (bicyclic) bond motifs is 3. The highest BCUT2D eigenvalue weighted by atomic mass is 15.1. The van der Waals surface area contributed by atoms with Crippen LogP contribution in [0, 0.1) is 11.8 Å². The zero-order valence-electron chi connectivity index (χ0n) is 12.3. The first kappa shape index (κ1) is 12.2. The fourth-order valence-electron chi connectivity index (χ4n) is 4.42. The van der Waals surface area contributed by atoms with Gasteiger partial charge >= 0.3 is 0 Å². The number of nitrogen functional groups attached to an aromatic ring is 1. The number of hydrogen-bond donors (Lipinski definition) is 1. The standard InChI is InChI=1S/C17H23N3/c1-10(2)17-19-14-9-13(18)5-6-15(14)20(17)16-8-11-3-4-12(16)7-11/h5-6,9-12,16H,3-4,7-8,18H2,1-2H3. The summed E-state index contributed by atoms with van der Waals surface area (Å²) in [6, 6.07) is 6.86. The maximum Gasteiger partial charge on any atom is 0.112 e. The van der Waals surface area contributed by atoms with Crippen LogP contribution in [0.3, 0.4) is 0 Å². The molecule has 2 aliphatic rings. The SMILES string of the molecule is CC(C)c1nc2cc(N)ccc2n1C1CC2CCC1C2. The molecule has 1 aromatic heterocycles. The van der Waals surface area contributed by atoms with Crippen LogP contribution in [0.15, 0.2) is 18.2 Å². The summed E-state index contributed by atoms with van der Waals surface area (Å²) in [6.45, 7) is 4.49. The summed E-state index contributed by atoms with van der Waals surface area (Å²) in [5.41, 5.74) is 9.08. The van der Waals surface area contributed by atoms with E-state index in [0.717, 1.165) is 23.0 Å². The quantitative estimate of drug-likeness (QED) is 0.834. The minimum absolute atomic E-state index is 0.461. The molecule has 3 atom stereocenters. The van der Waals surface area contributed by atoms with Crippen LogP contribution in [0.2, 0.25) is 0 Å². The number of hydrogen-bond acceptors (Lipinski definition) is 2. The number of imidazole rings is 1. The van der Waals surface area contributed by atoms with Crippen molar-refractivity contribution >= 4 is 16.7 Å². The number of nitrogens with zero attached hydrogens (tertiary/aromatic N) is 2. The Labute approximate surface area is 120 Å². The van der Waals surface area contributed by atoms with Gasteiger partial charge in [-0.2, -0.15) is 0 Å². The number of benzene rings is 1. The Kier molecular flexibility index (Phi) is 2.60. The van der Waals surface area contributed by atoms with E-state index in [9.17, 15) is 0 Å². The molecule has 2 saturated carbocycles. The average molecular weight is 269 g/mol. The Morgan fingerprint density at radius 3 is 2.75 bits per heavy atom. The lowest BCUT2D eigenvalue weighted by Gasteiger charge is -2.26. The molecular formula is C17H23N3. The van der Waals surface area contributed by atoms with Gasteiger partial charge in [0, 0.05) is 17.6 Å². The van der Waals surface area contributed by atoms with Crippen LogP contribution in [0.4, 0.5) is 5.69 Å². The highest BCUT2D eigenvalue weighted by Crippen LogP contribution is 2.52. The maximum atomic E-state index is 5.92. The van der Waals surface area contributed by atoms with Gasteiger partial charge in [0.1, 0.15) is 5.82 Å². The molecule has 3 nitrogen and oxygen atoms in total. The largest absolute Gasteiger partial charge is 0.399 e. The Morgan fingerprint density at radius 2 is 2.10 bits per heavy atom. The molecule has 2 bridgehead atoms. The first-order valence-corrected chi connectivity index (χ1v) is 7.91. The summed E-state index contributed by atoms with van der Waals surface area (Å²) in [5, 5.41) is 0. The molecule has 2 aromatic rings. The predicted molar refractivity (Wildman–Crippen MR) is 82.7 cm³/mol. The summed E-state index contributed by atoms with van der Waals surface area (Å²) in [4.78, 5) is 4.88. The number of nitrogens with two attached hydrogens (primary N) is 1. The third-order valence-corrected chi connectivity index (χ3v) is 5.29. The molecule has 20 heavy (non-hydrogen) atoms. The summed E-state index contributed by atoms with van der Waals surface area (Å²) in [7, 11) is 0. The summed E-state index contributed by atoms with van der Waals surface area (Å²) in [5.74, 6) is 3.52. The van der Waals surface area contributed by atoms with Gasteiger partial charge in [0.2, 0.25) is 0 Å². The molecule has 2 aliphatic carbocycles. The van der Waals surface area contributed by atoms with Crippen LogP contribution in [-0.2, 0) is 0 Å². The van der Waals surface area contributed by atoms with E-state index in [4.69, 9.17) is 10.7 Å². The van der Waals surface area contributed by atoms with Crippen molar-refractivity contribution in [3.63, 3.8) is 0 Å². The third kappa shape index (κ3) is 1.68. The van der Waals surface area contributed by atoms with Crippen molar-refractivity contribution in [1.82, 2.24) is 9.55 Å². The molecule has 3 unspecified atom stereocenters. The van der Waals surface area contributed by atoms with Crippen molar-refractivity contribution in [1.29, 1.82) is 0 Å². The van der Waals surface area contributed by atoms with Gasteiger partial charge in [0.25, 0.3) is 0 Å². The first-order chi connectivity index (χ1) is 9.63. The molecule has 0 saturated heterocycles. The summed E-state index contributed by atoms with van der Waals surface area (Å²) in [6.07, 6.45) is 5.62. The van der Waals surface area contributed by atoms with Crippen molar-refractivity contribution in [2.24, 2.45) is 11.8 Å². The molecule has 2 fully saturated rings. The van der Waals surface area contributed by atoms with E-state index in [2.05, 4.69) is 24.5 Å². The van der Waals surface area contributed by atoms with Crippen molar-refractivity contribution in [2.75, 3.05) is 5.73 Å². The molecule has 4 rings (SSSR count). The van der Waals surface area contributed by atoms with Gasteiger partial charge in [-0.25, -0.2) is 4.98 Å². The summed E-state index contributed by atoms with van der Waals surface area (Å²) < 4.78 is 2.54. The van der Waals surface area contributed by atoms with E-state index in [0.29, 0.717) is 12.0 Å². The van der Waals surface area contributed by atoms with Crippen molar-refractivity contribution in [3.05, 3.63) is 24.0 Å². The normalized spacial score (nSPS) is 28.9. The zero-order valence-corrected chi connectivity index (χ0v) is 12.3. The van der Waals surface area contributed by atoms with Gasteiger partial charge in [-0.05, 0) is 49.3 Å². The Bertz CT molecular complexity index is 656. The van der Waals surface area contributed by atoms with Crippen LogP contribution in [0.1, 0.15) is 57.3 Å². The second-order valence-electron chi connectivity index (χ2n) is 6.99. The van der Waals surface area contributed by atoms with Crippen LogP contribution in [0.5, 0.6) is 0 Å². The smallest absolute Gasteiger partial charge is 0.112 e. The fraction of sp³-hybridized carbons (Fsp3) is 0.588. The second-order valence-corrected chi connectivity index (χ2v) is 6.99. The molecule has 0 spiro atoms. The minimum Gasteiger partial charge on any atom is -0.399 e. The van der Waals surface area contributed by atoms with Gasteiger partial charge in [-0.3, -0.25) is 0 Å². The highest BCUT2D eigenvalue weighted by Gasteiger charge is 2.41. The summed E-state index contributed by atoms with van der Waals surface area (Å²) >= 11 is 0. The molecule has 3 heteroatoms. The topological polar surface area (TPSA) is 43.8 Å². The lowest BCUT2D eigenvalue weighted by atomic mass is 9.94. The number of rotatable bonds is 2. The van der Waals surface area contributed by atoms with E-state index in [1.54, 1.807) is 0 Å². The zero-order chi connectivity index (χ0) is 13.9. The van der Waals surface area contributed by atoms with Crippen LogP contribution in [-0.4, -0.2) is 9.55 Å².